The third kappa shape index (κ3) is 4.14. The molecule has 0 radical (unpaired) electrons. The van der Waals surface area contributed by atoms with Gasteiger partial charge >= 0.3 is 0 Å². The zero-order chi connectivity index (χ0) is 16.1. The minimum absolute atomic E-state index is 0.162. The maximum absolute atomic E-state index is 12.1. The SMILES string of the molecule is Cc1nc(-c2cccc(C(=O)NCCC(O)C(C)C)c2)n[nH]1. The van der Waals surface area contributed by atoms with Crippen LogP contribution in [0.1, 0.15) is 36.5 Å². The van der Waals surface area contributed by atoms with Gasteiger partial charge in [0.25, 0.3) is 5.91 Å². The molecule has 3 N–H and O–H groups in total. The standard InChI is InChI=1S/C16H22N4O2/c1-10(2)14(21)7-8-17-16(22)13-6-4-5-12(9-13)15-18-11(3)19-20-15/h4-6,9-10,14,21H,7-8H2,1-3H3,(H,17,22)(H,18,19,20). The van der Waals surface area contributed by atoms with E-state index < -0.39 is 6.10 Å². The lowest BCUT2D eigenvalue weighted by Gasteiger charge is -2.14. The molecule has 1 heterocycles. The van der Waals surface area contributed by atoms with Crippen molar-refractivity contribution in [2.45, 2.75) is 33.3 Å². The van der Waals surface area contributed by atoms with Crippen LogP contribution in [0.15, 0.2) is 24.3 Å². The van der Waals surface area contributed by atoms with Crippen LogP contribution in [-0.2, 0) is 0 Å². The molecule has 0 aliphatic rings. The van der Waals surface area contributed by atoms with Crippen LogP contribution in [0.25, 0.3) is 11.4 Å². The molecule has 0 aliphatic heterocycles. The fraction of sp³-hybridized carbons (Fsp3) is 0.438. The molecule has 22 heavy (non-hydrogen) atoms. The van der Waals surface area contributed by atoms with Gasteiger partial charge in [-0.1, -0.05) is 26.0 Å². The normalized spacial score (nSPS) is 12.4. The summed E-state index contributed by atoms with van der Waals surface area (Å²) in [5, 5.41) is 19.4. The van der Waals surface area contributed by atoms with Gasteiger partial charge in [-0.15, -0.1) is 0 Å². The molecule has 1 aromatic heterocycles. The second-order valence-corrected chi connectivity index (χ2v) is 5.68. The van der Waals surface area contributed by atoms with Gasteiger partial charge in [-0.05, 0) is 31.4 Å². The van der Waals surface area contributed by atoms with Crippen molar-refractivity contribution in [1.29, 1.82) is 0 Å². The number of aromatic nitrogens is 3. The second kappa shape index (κ2) is 7.17. The average molecular weight is 302 g/mol. The van der Waals surface area contributed by atoms with Gasteiger partial charge in [-0.3, -0.25) is 9.89 Å². The van der Waals surface area contributed by atoms with E-state index in [-0.39, 0.29) is 11.8 Å². The average Bonchev–Trinajstić information content (AvgIpc) is 2.93. The summed E-state index contributed by atoms with van der Waals surface area (Å²) in [5.41, 5.74) is 1.35. The molecule has 1 atom stereocenters. The first-order chi connectivity index (χ1) is 10.5. The molecule has 1 aromatic carbocycles. The van der Waals surface area contributed by atoms with E-state index in [9.17, 15) is 9.90 Å². The summed E-state index contributed by atoms with van der Waals surface area (Å²) < 4.78 is 0. The number of aryl methyl sites for hydroxylation is 1. The predicted octanol–water partition coefficient (Wildman–Crippen LogP) is 1.92. The minimum atomic E-state index is -0.400. The van der Waals surface area contributed by atoms with E-state index in [0.717, 1.165) is 11.4 Å². The van der Waals surface area contributed by atoms with Crippen LogP contribution in [0.3, 0.4) is 0 Å². The van der Waals surface area contributed by atoms with E-state index in [1.54, 1.807) is 18.2 Å². The number of benzene rings is 1. The van der Waals surface area contributed by atoms with Crippen LogP contribution in [0.2, 0.25) is 0 Å². The zero-order valence-corrected chi connectivity index (χ0v) is 13.1. The van der Waals surface area contributed by atoms with Gasteiger partial charge in [0, 0.05) is 17.7 Å². The number of hydrogen-bond donors (Lipinski definition) is 3. The van der Waals surface area contributed by atoms with E-state index in [1.165, 1.54) is 0 Å². The number of rotatable bonds is 6. The molecule has 0 aliphatic carbocycles. The van der Waals surface area contributed by atoms with Gasteiger partial charge in [0.15, 0.2) is 5.82 Å². The highest BCUT2D eigenvalue weighted by Gasteiger charge is 2.12. The minimum Gasteiger partial charge on any atom is -0.393 e. The molecule has 6 heteroatoms. The Morgan fingerprint density at radius 2 is 2.18 bits per heavy atom. The van der Waals surface area contributed by atoms with Gasteiger partial charge in [0.1, 0.15) is 5.82 Å². The second-order valence-electron chi connectivity index (χ2n) is 5.68. The first-order valence-electron chi connectivity index (χ1n) is 7.43. The van der Waals surface area contributed by atoms with Crippen molar-refractivity contribution in [3.63, 3.8) is 0 Å². The van der Waals surface area contributed by atoms with Gasteiger partial charge in [0.05, 0.1) is 6.10 Å². The van der Waals surface area contributed by atoms with E-state index in [4.69, 9.17) is 0 Å². The van der Waals surface area contributed by atoms with Crippen LogP contribution in [-0.4, -0.2) is 38.8 Å². The van der Waals surface area contributed by atoms with Gasteiger partial charge in [-0.2, -0.15) is 5.10 Å². The van der Waals surface area contributed by atoms with Crippen molar-refractivity contribution >= 4 is 5.91 Å². The highest BCUT2D eigenvalue weighted by Crippen LogP contribution is 2.16. The van der Waals surface area contributed by atoms with Gasteiger partial charge in [0.2, 0.25) is 0 Å². The number of nitrogens with one attached hydrogen (secondary N) is 2. The van der Waals surface area contributed by atoms with Crippen LogP contribution >= 0.6 is 0 Å². The monoisotopic (exact) mass is 302 g/mol. The predicted molar refractivity (Wildman–Crippen MR) is 84.4 cm³/mol. The Bertz CT molecular complexity index is 637. The Labute approximate surface area is 130 Å². The molecule has 0 saturated heterocycles. The Kier molecular flexibility index (Phi) is 5.27. The molecule has 0 bridgehead atoms. The lowest BCUT2D eigenvalue weighted by Crippen LogP contribution is -2.28. The molecule has 2 aromatic rings. The van der Waals surface area contributed by atoms with Crippen molar-refractivity contribution in [3.8, 4) is 11.4 Å². The molecule has 6 nitrogen and oxygen atoms in total. The molecule has 118 valence electrons. The summed E-state index contributed by atoms with van der Waals surface area (Å²) in [5.74, 6) is 1.33. The number of aliphatic hydroxyl groups is 1. The van der Waals surface area contributed by atoms with Crippen LogP contribution in [0.5, 0.6) is 0 Å². The maximum atomic E-state index is 12.1. The summed E-state index contributed by atoms with van der Waals surface area (Å²) in [6, 6.07) is 7.18. The number of hydrogen-bond acceptors (Lipinski definition) is 4. The fourth-order valence-corrected chi connectivity index (χ4v) is 2.04. The molecule has 1 amide bonds. The number of H-pyrrole nitrogens is 1. The summed E-state index contributed by atoms with van der Waals surface area (Å²) in [7, 11) is 0. The molecule has 0 spiro atoms. The summed E-state index contributed by atoms with van der Waals surface area (Å²) in [4.78, 5) is 16.4. The number of carbonyl (C=O) groups is 1. The first-order valence-corrected chi connectivity index (χ1v) is 7.43. The quantitative estimate of drug-likeness (QED) is 0.760. The molecule has 0 saturated carbocycles. The fourth-order valence-electron chi connectivity index (χ4n) is 2.04. The summed E-state index contributed by atoms with van der Waals surface area (Å²) in [6.07, 6.45) is 0.145. The van der Waals surface area contributed by atoms with E-state index in [2.05, 4.69) is 20.5 Å². The van der Waals surface area contributed by atoms with Crippen molar-refractivity contribution < 1.29 is 9.90 Å². The van der Waals surface area contributed by atoms with Crippen LogP contribution in [0, 0.1) is 12.8 Å². The molecule has 1 unspecified atom stereocenters. The lowest BCUT2D eigenvalue weighted by molar-refractivity contribution is 0.0920. The van der Waals surface area contributed by atoms with Gasteiger partial charge < -0.3 is 10.4 Å². The van der Waals surface area contributed by atoms with Crippen molar-refractivity contribution in [3.05, 3.63) is 35.7 Å². The van der Waals surface area contributed by atoms with Crippen LogP contribution < -0.4 is 5.32 Å². The van der Waals surface area contributed by atoms with Crippen molar-refractivity contribution in [2.75, 3.05) is 6.54 Å². The Hall–Kier alpha value is -2.21. The third-order valence-electron chi connectivity index (χ3n) is 3.48. The zero-order valence-electron chi connectivity index (χ0n) is 13.1. The van der Waals surface area contributed by atoms with Crippen molar-refractivity contribution in [1.82, 2.24) is 20.5 Å². The largest absolute Gasteiger partial charge is 0.393 e. The highest BCUT2D eigenvalue weighted by atomic mass is 16.3. The Morgan fingerprint density at radius 1 is 1.41 bits per heavy atom. The number of amides is 1. The Morgan fingerprint density at radius 3 is 2.82 bits per heavy atom. The number of carbonyl (C=O) groups excluding carboxylic acids is 1. The smallest absolute Gasteiger partial charge is 0.251 e. The number of aromatic amines is 1. The van der Waals surface area contributed by atoms with Gasteiger partial charge in [-0.25, -0.2) is 4.98 Å². The van der Waals surface area contributed by atoms with E-state index >= 15 is 0 Å². The molecule has 2 rings (SSSR count). The molecule has 0 fully saturated rings. The summed E-state index contributed by atoms with van der Waals surface area (Å²) in [6.45, 7) is 6.18. The third-order valence-corrected chi connectivity index (χ3v) is 3.48. The molecular weight excluding hydrogens is 280 g/mol. The summed E-state index contributed by atoms with van der Waals surface area (Å²) >= 11 is 0. The maximum Gasteiger partial charge on any atom is 0.251 e. The number of nitrogens with zero attached hydrogens (tertiary/aromatic N) is 2. The number of aliphatic hydroxyl groups excluding tert-OH is 1. The Balaban J connectivity index is 1.99. The first kappa shape index (κ1) is 16.2. The highest BCUT2D eigenvalue weighted by molar-refractivity contribution is 5.95. The van der Waals surface area contributed by atoms with E-state index in [0.29, 0.717) is 24.4 Å². The van der Waals surface area contributed by atoms with Crippen LogP contribution in [0.4, 0.5) is 0 Å². The topological polar surface area (TPSA) is 90.9 Å². The molecular formula is C16H22N4O2. The lowest BCUT2D eigenvalue weighted by atomic mass is 10.0. The van der Waals surface area contributed by atoms with Crippen molar-refractivity contribution in [2.24, 2.45) is 5.92 Å². The van der Waals surface area contributed by atoms with E-state index in [1.807, 2.05) is 26.8 Å².